The maximum absolute atomic E-state index is 9.69. The normalized spacial score (nSPS) is 11.6. The Morgan fingerprint density at radius 2 is 0.927 bits per heavy atom. The Morgan fingerprint density at radius 3 is 1.53 bits per heavy atom. The summed E-state index contributed by atoms with van der Waals surface area (Å²) < 4.78 is 6.84. The maximum atomic E-state index is 9.69. The van der Waals surface area contributed by atoms with Crippen LogP contribution in [-0.2, 0) is 0 Å². The first kappa shape index (κ1) is 30.7. The van der Waals surface area contributed by atoms with Crippen LogP contribution in [0.1, 0.15) is 5.56 Å². The van der Waals surface area contributed by atoms with E-state index in [4.69, 9.17) is 6.57 Å². The van der Waals surface area contributed by atoms with Crippen LogP contribution in [0.4, 0.5) is 5.69 Å². The number of hydrogen-bond donors (Lipinski definition) is 0. The molecule has 0 aliphatic carbocycles. The Balaban J connectivity index is 1.10. The number of fused-ring (bicyclic) bond motifs is 9. The molecule has 0 amide bonds. The van der Waals surface area contributed by atoms with Gasteiger partial charge in [0.05, 0.1) is 57.0 Å². The van der Waals surface area contributed by atoms with Gasteiger partial charge in [-0.3, -0.25) is 0 Å². The Labute approximate surface area is 316 Å². The van der Waals surface area contributed by atoms with Gasteiger partial charge in [-0.25, -0.2) is 4.85 Å². The molecule has 5 heteroatoms. The average molecular weight is 700 g/mol. The summed E-state index contributed by atoms with van der Waals surface area (Å²) in [6.07, 6.45) is 0. The maximum Gasteiger partial charge on any atom is 0.218 e. The van der Waals surface area contributed by atoms with Crippen LogP contribution in [0, 0.1) is 17.9 Å². The smallest absolute Gasteiger partial charge is 0.218 e. The van der Waals surface area contributed by atoms with Crippen LogP contribution in [0.25, 0.3) is 98.5 Å². The zero-order chi connectivity index (χ0) is 36.6. The summed E-state index contributed by atoms with van der Waals surface area (Å²) in [5, 5.41) is 16.5. The fourth-order valence-corrected chi connectivity index (χ4v) is 8.73. The number of nitrogens with zero attached hydrogens (tertiary/aromatic N) is 5. The molecule has 3 heterocycles. The molecule has 0 N–H and O–H groups in total. The summed E-state index contributed by atoms with van der Waals surface area (Å²) in [6, 6.07) is 63.5. The predicted molar refractivity (Wildman–Crippen MR) is 226 cm³/mol. The summed E-state index contributed by atoms with van der Waals surface area (Å²) in [6.45, 7) is 8.58. The molecule has 0 fully saturated rings. The number of para-hydroxylation sites is 5. The Bertz CT molecular complexity index is 3400. The third-order valence-corrected chi connectivity index (χ3v) is 11.1. The highest BCUT2D eigenvalue weighted by Crippen LogP contribution is 2.42. The lowest BCUT2D eigenvalue weighted by Gasteiger charge is -2.15. The highest BCUT2D eigenvalue weighted by molar-refractivity contribution is 6.13. The molecule has 0 aliphatic heterocycles. The molecule has 11 aromatic rings. The van der Waals surface area contributed by atoms with Gasteiger partial charge in [-0.2, -0.15) is 5.26 Å². The van der Waals surface area contributed by atoms with Crippen molar-refractivity contribution in [3.05, 3.63) is 193 Å². The van der Waals surface area contributed by atoms with E-state index in [9.17, 15) is 5.26 Å². The summed E-state index contributed by atoms with van der Waals surface area (Å²) in [5.41, 5.74) is 12.5. The third-order valence-electron chi connectivity index (χ3n) is 11.1. The van der Waals surface area contributed by atoms with Gasteiger partial charge in [0.1, 0.15) is 0 Å². The van der Waals surface area contributed by atoms with E-state index in [0.29, 0.717) is 11.3 Å². The lowest BCUT2D eigenvalue weighted by molar-refractivity contribution is 1.16. The molecule has 3 aromatic heterocycles. The van der Waals surface area contributed by atoms with E-state index in [1.807, 2.05) is 24.3 Å². The van der Waals surface area contributed by atoms with Gasteiger partial charge >= 0.3 is 0 Å². The quantitative estimate of drug-likeness (QED) is 0.169. The topological polar surface area (TPSA) is 42.9 Å². The number of benzene rings is 8. The zero-order valence-corrected chi connectivity index (χ0v) is 29.5. The van der Waals surface area contributed by atoms with Crippen LogP contribution in [0.5, 0.6) is 0 Å². The van der Waals surface area contributed by atoms with Gasteiger partial charge in [0.15, 0.2) is 0 Å². The molecule has 0 aliphatic rings. The van der Waals surface area contributed by atoms with Crippen molar-refractivity contribution in [2.75, 3.05) is 0 Å². The van der Waals surface area contributed by atoms with Gasteiger partial charge in [0.25, 0.3) is 0 Å². The van der Waals surface area contributed by atoms with Gasteiger partial charge in [-0.1, -0.05) is 103 Å². The summed E-state index contributed by atoms with van der Waals surface area (Å²) in [7, 11) is 0. The van der Waals surface area contributed by atoms with Crippen molar-refractivity contribution in [1.82, 2.24) is 13.7 Å². The minimum atomic E-state index is 0.598. The Hall–Kier alpha value is -7.86. The molecular weight excluding hydrogens is 671 g/mol. The molecular formula is C50H29N5. The molecule has 55 heavy (non-hydrogen) atoms. The molecule has 5 nitrogen and oxygen atoms in total. The SMILES string of the molecule is [C-]#[N+]c1c(-c2ccc(-n3c4ccccc4c4ccccc43)cc2)cccc1-n1c2ccccc2c2ccc(-n3c4ccccc4c4cc(C#N)ccc43)cc21. The van der Waals surface area contributed by atoms with Crippen LogP contribution < -0.4 is 0 Å². The number of rotatable bonds is 4. The lowest BCUT2D eigenvalue weighted by Crippen LogP contribution is -1.98. The van der Waals surface area contributed by atoms with Gasteiger partial charge in [-0.15, -0.1) is 0 Å². The first-order valence-electron chi connectivity index (χ1n) is 18.3. The molecule has 0 spiro atoms. The average Bonchev–Trinajstić information content (AvgIpc) is 3.88. The third kappa shape index (κ3) is 4.45. The van der Waals surface area contributed by atoms with E-state index in [1.165, 1.54) is 21.8 Å². The van der Waals surface area contributed by atoms with Crippen molar-refractivity contribution in [3.8, 4) is 34.3 Å². The van der Waals surface area contributed by atoms with Crippen LogP contribution in [0.2, 0.25) is 0 Å². The van der Waals surface area contributed by atoms with Gasteiger partial charge in [-0.05, 0) is 83.9 Å². The Kier molecular flexibility index (Phi) is 6.61. The van der Waals surface area contributed by atoms with Gasteiger partial charge < -0.3 is 13.7 Å². The van der Waals surface area contributed by atoms with E-state index in [1.54, 1.807) is 0 Å². The van der Waals surface area contributed by atoms with Crippen molar-refractivity contribution in [3.63, 3.8) is 0 Å². The van der Waals surface area contributed by atoms with E-state index in [0.717, 1.165) is 71.8 Å². The van der Waals surface area contributed by atoms with Crippen LogP contribution in [-0.4, -0.2) is 13.7 Å². The van der Waals surface area contributed by atoms with Crippen LogP contribution in [0.15, 0.2) is 176 Å². The second-order valence-electron chi connectivity index (χ2n) is 14.0. The van der Waals surface area contributed by atoms with Crippen LogP contribution >= 0.6 is 0 Å². The molecule has 8 aromatic carbocycles. The van der Waals surface area contributed by atoms with Crippen molar-refractivity contribution < 1.29 is 0 Å². The molecule has 254 valence electrons. The second kappa shape index (κ2) is 11.8. The summed E-state index contributed by atoms with van der Waals surface area (Å²) >= 11 is 0. The second-order valence-corrected chi connectivity index (χ2v) is 14.0. The monoisotopic (exact) mass is 699 g/mol. The highest BCUT2D eigenvalue weighted by Gasteiger charge is 2.20. The van der Waals surface area contributed by atoms with E-state index in [2.05, 4.69) is 176 Å². The summed E-state index contributed by atoms with van der Waals surface area (Å²) in [4.78, 5) is 4.23. The van der Waals surface area contributed by atoms with Crippen LogP contribution in [0.3, 0.4) is 0 Å². The lowest BCUT2D eigenvalue weighted by atomic mass is 10.0. The number of aromatic nitrogens is 3. The first-order valence-corrected chi connectivity index (χ1v) is 18.3. The predicted octanol–water partition coefficient (Wildman–Crippen LogP) is 13.1. The fourth-order valence-electron chi connectivity index (χ4n) is 8.73. The van der Waals surface area contributed by atoms with E-state index >= 15 is 0 Å². The number of hydrogen-bond acceptors (Lipinski definition) is 1. The largest absolute Gasteiger partial charge is 0.319 e. The fraction of sp³-hybridized carbons (Fsp3) is 0. The van der Waals surface area contributed by atoms with Gasteiger partial charge in [0.2, 0.25) is 5.69 Å². The molecule has 11 rings (SSSR count). The highest BCUT2D eigenvalue weighted by atomic mass is 15.0. The zero-order valence-electron chi connectivity index (χ0n) is 29.5. The minimum absolute atomic E-state index is 0.598. The van der Waals surface area contributed by atoms with Crippen molar-refractivity contribution >= 4 is 71.1 Å². The molecule has 0 atom stereocenters. The molecule has 0 saturated heterocycles. The van der Waals surface area contributed by atoms with Crippen molar-refractivity contribution in [1.29, 1.82) is 5.26 Å². The molecule has 0 bridgehead atoms. The molecule has 0 radical (unpaired) electrons. The van der Waals surface area contributed by atoms with E-state index in [-0.39, 0.29) is 0 Å². The molecule has 0 unspecified atom stereocenters. The molecule has 0 saturated carbocycles. The number of nitriles is 1. The van der Waals surface area contributed by atoms with Crippen molar-refractivity contribution in [2.45, 2.75) is 0 Å². The Morgan fingerprint density at radius 1 is 0.418 bits per heavy atom. The van der Waals surface area contributed by atoms with Crippen molar-refractivity contribution in [2.24, 2.45) is 0 Å². The standard InChI is InChI=1S/C50H29N5/c1-52-50-36(33-22-24-34(25-23-33)53-43-16-6-2-11-37(43)38-12-3-7-17-44(38)53)15-10-20-48(50)55-46-19-9-4-13-39(46)41-27-26-35(30-49(41)55)54-45-18-8-5-14-40(45)42-29-32(31-51)21-28-47(42)54/h2-30H. The minimum Gasteiger partial charge on any atom is -0.319 e. The first-order chi connectivity index (χ1) is 27.2. The summed E-state index contributed by atoms with van der Waals surface area (Å²) in [5.74, 6) is 0. The van der Waals surface area contributed by atoms with Gasteiger partial charge in [0, 0.05) is 43.7 Å². The van der Waals surface area contributed by atoms with E-state index < -0.39 is 0 Å².